The van der Waals surface area contributed by atoms with Crippen molar-refractivity contribution in [2.24, 2.45) is 11.8 Å². The maximum Gasteiger partial charge on any atom is 0.357 e. The summed E-state index contributed by atoms with van der Waals surface area (Å²) in [5, 5.41) is 12.8. The Morgan fingerprint density at radius 3 is 2.75 bits per heavy atom. The summed E-state index contributed by atoms with van der Waals surface area (Å²) in [5.41, 5.74) is 8.69. The van der Waals surface area contributed by atoms with Crippen LogP contribution in [-0.2, 0) is 29.0 Å². The van der Waals surface area contributed by atoms with Gasteiger partial charge in [0.1, 0.15) is 30.0 Å². The van der Waals surface area contributed by atoms with Crippen molar-refractivity contribution < 1.29 is 24.2 Å². The fourth-order valence-electron chi connectivity index (χ4n) is 6.34. The van der Waals surface area contributed by atoms with E-state index in [1.165, 1.54) is 19.5 Å². The molecule has 0 bridgehead atoms. The van der Waals surface area contributed by atoms with Crippen LogP contribution in [0, 0.1) is 11.8 Å². The molecule has 4 N–H and O–H groups in total. The monoisotopic (exact) mass is 599 g/mol. The van der Waals surface area contributed by atoms with Gasteiger partial charge in [0, 0.05) is 44.6 Å². The molecule has 3 aliphatic rings. The normalized spacial score (nSPS) is 21.4. The van der Waals surface area contributed by atoms with Gasteiger partial charge in [-0.15, -0.1) is 0 Å². The molecule has 0 saturated heterocycles. The average Bonchev–Trinajstić information content (AvgIpc) is 3.44. The number of rotatable bonds is 9. The Kier molecular flexibility index (Phi) is 8.11. The van der Waals surface area contributed by atoms with Gasteiger partial charge in [-0.2, -0.15) is 0 Å². The Balaban J connectivity index is 1.05. The highest BCUT2D eigenvalue weighted by Gasteiger charge is 2.36. The lowest BCUT2D eigenvalue weighted by molar-refractivity contribution is -0.0715. The molecule has 1 fully saturated rings. The van der Waals surface area contributed by atoms with Gasteiger partial charge in [-0.25, -0.2) is 14.8 Å². The number of nitrogens with two attached hydrogens (primary N) is 1. The Morgan fingerprint density at radius 1 is 1.14 bits per heavy atom. The lowest BCUT2D eigenvalue weighted by Crippen LogP contribution is -2.44. The number of ether oxygens (including phenoxy) is 2. The molecular formula is C32H33N5O7. The zero-order valence-corrected chi connectivity index (χ0v) is 24.2. The number of nitrogens with one attached hydrogen (secondary N) is 1. The molecule has 44 heavy (non-hydrogen) atoms. The highest BCUT2D eigenvalue weighted by atomic mass is 16.6. The van der Waals surface area contributed by atoms with Gasteiger partial charge in [-0.1, -0.05) is 36.4 Å². The van der Waals surface area contributed by atoms with Crippen LogP contribution in [0.1, 0.15) is 56.9 Å². The summed E-state index contributed by atoms with van der Waals surface area (Å²) < 4.78 is 10.4. The summed E-state index contributed by atoms with van der Waals surface area (Å²) in [7, 11) is 1.46. The van der Waals surface area contributed by atoms with Crippen molar-refractivity contribution in [3.63, 3.8) is 0 Å². The van der Waals surface area contributed by atoms with Crippen LogP contribution in [0.5, 0.6) is 0 Å². The summed E-state index contributed by atoms with van der Waals surface area (Å²) >= 11 is 0. The largest absolute Gasteiger partial charge is 0.456 e. The zero-order chi connectivity index (χ0) is 31.0. The first-order valence-electron chi connectivity index (χ1n) is 14.6. The number of carbonyl (C=O) groups excluding carboxylic acids is 2. The second-order valence-electron chi connectivity index (χ2n) is 11.5. The minimum absolute atomic E-state index is 0.00527. The Labute approximate surface area is 252 Å². The SMILES string of the molecule is CO[C@@H](O)CC1=CC2CC[C@H](NC(=O)c3cc(C(=O)OCc4ccc5c(c4)CN(c4c(N)c(=O)c4=O)CC5)ncn3)C2C=C1. The van der Waals surface area contributed by atoms with Gasteiger partial charge in [0.05, 0.1) is 0 Å². The third-order valence-corrected chi connectivity index (χ3v) is 8.73. The maximum absolute atomic E-state index is 13.1. The number of aliphatic hydroxyl groups is 1. The van der Waals surface area contributed by atoms with E-state index in [4.69, 9.17) is 15.2 Å². The summed E-state index contributed by atoms with van der Waals surface area (Å²) in [6.07, 6.45) is 9.29. The van der Waals surface area contributed by atoms with Gasteiger partial charge in [0.2, 0.25) is 0 Å². The highest BCUT2D eigenvalue weighted by Crippen LogP contribution is 2.38. The molecule has 3 aromatic rings. The quantitative estimate of drug-likeness (QED) is 0.185. The lowest BCUT2D eigenvalue weighted by Gasteiger charge is -2.31. The molecule has 6 rings (SSSR count). The molecule has 2 unspecified atom stereocenters. The molecule has 2 aliphatic carbocycles. The number of methoxy groups -OCH3 is 1. The van der Waals surface area contributed by atoms with Crippen LogP contribution in [-0.4, -0.2) is 52.9 Å². The van der Waals surface area contributed by atoms with Crippen LogP contribution in [0.3, 0.4) is 0 Å². The molecule has 1 amide bonds. The highest BCUT2D eigenvalue weighted by molar-refractivity contribution is 5.95. The summed E-state index contributed by atoms with van der Waals surface area (Å²) in [6.45, 7) is 0.980. The standard InChI is InChI=1S/C32H33N5O7/c1-43-26(38)12-17-3-6-22-20(10-17)5-7-23(22)36-31(41)24-13-25(35-16-34-24)32(42)44-15-18-2-4-19-8-9-37(14-21(19)11-18)28-27(33)29(39)30(28)40/h2-4,6,10-11,13,16,20,22-23,26,38H,5,7-9,12,14-15,33H2,1H3,(H,36,41)/t20?,22?,23-,26+/m0/s1. The third-order valence-electron chi connectivity index (χ3n) is 8.73. The maximum atomic E-state index is 13.1. The second kappa shape index (κ2) is 12.1. The van der Waals surface area contributed by atoms with Gasteiger partial charge in [0.15, 0.2) is 12.0 Å². The number of carbonyl (C=O) groups is 2. The minimum Gasteiger partial charge on any atom is -0.456 e. The van der Waals surface area contributed by atoms with Crippen LogP contribution in [0.4, 0.5) is 11.4 Å². The van der Waals surface area contributed by atoms with E-state index in [2.05, 4.69) is 27.4 Å². The van der Waals surface area contributed by atoms with Crippen LogP contribution in [0.2, 0.25) is 0 Å². The number of esters is 1. The van der Waals surface area contributed by atoms with Crippen molar-refractivity contribution in [2.75, 3.05) is 24.3 Å². The first-order valence-corrected chi connectivity index (χ1v) is 14.6. The Bertz CT molecular complexity index is 1740. The number of aromatic nitrogens is 2. The Morgan fingerprint density at radius 2 is 1.95 bits per heavy atom. The molecule has 2 aromatic carbocycles. The van der Waals surface area contributed by atoms with E-state index in [0.29, 0.717) is 25.9 Å². The first kappa shape index (κ1) is 29.4. The molecule has 0 radical (unpaired) electrons. The molecule has 12 nitrogen and oxygen atoms in total. The van der Waals surface area contributed by atoms with Crippen LogP contribution < -0.4 is 26.8 Å². The zero-order valence-electron chi connectivity index (χ0n) is 24.2. The fourth-order valence-corrected chi connectivity index (χ4v) is 6.34. The van der Waals surface area contributed by atoms with E-state index in [0.717, 1.165) is 35.1 Å². The number of benzene rings is 1. The average molecular weight is 600 g/mol. The van der Waals surface area contributed by atoms with Gasteiger partial charge in [-0.05, 0) is 47.4 Å². The number of nitrogens with zero attached hydrogens (tertiary/aromatic N) is 3. The van der Waals surface area contributed by atoms with Crippen molar-refractivity contribution in [1.82, 2.24) is 15.3 Å². The third kappa shape index (κ3) is 5.78. The van der Waals surface area contributed by atoms with E-state index in [9.17, 15) is 24.3 Å². The van der Waals surface area contributed by atoms with Gasteiger partial charge < -0.3 is 30.5 Å². The van der Waals surface area contributed by atoms with Gasteiger partial charge >= 0.3 is 5.97 Å². The second-order valence-corrected chi connectivity index (χ2v) is 11.5. The van der Waals surface area contributed by atoms with Crippen molar-refractivity contribution in [1.29, 1.82) is 0 Å². The van der Waals surface area contributed by atoms with E-state index < -0.39 is 29.0 Å². The molecule has 228 valence electrons. The fraction of sp³-hybridized carbons (Fsp3) is 0.375. The molecule has 1 aromatic heterocycles. The van der Waals surface area contributed by atoms with Crippen LogP contribution in [0.15, 0.2) is 64.0 Å². The molecule has 1 aliphatic heterocycles. The molecule has 12 heteroatoms. The lowest BCUT2D eigenvalue weighted by atomic mass is 9.86. The number of fused-ring (bicyclic) bond motifs is 2. The summed E-state index contributed by atoms with van der Waals surface area (Å²) in [5.74, 6) is -0.702. The Hall–Kier alpha value is -4.68. The van der Waals surface area contributed by atoms with Gasteiger partial charge in [0.25, 0.3) is 16.8 Å². The molecule has 1 saturated carbocycles. The number of nitrogen functional groups attached to an aromatic ring is 1. The predicted molar refractivity (Wildman–Crippen MR) is 160 cm³/mol. The smallest absolute Gasteiger partial charge is 0.357 e. The summed E-state index contributed by atoms with van der Waals surface area (Å²) in [6, 6.07) is 6.98. The van der Waals surface area contributed by atoms with Crippen LogP contribution >= 0.6 is 0 Å². The number of amides is 1. The van der Waals surface area contributed by atoms with Crippen molar-refractivity contribution in [3.8, 4) is 0 Å². The van der Waals surface area contributed by atoms with E-state index in [1.807, 2.05) is 29.2 Å². The van der Waals surface area contributed by atoms with Crippen molar-refractivity contribution in [3.05, 3.63) is 103 Å². The number of hydrogen-bond donors (Lipinski definition) is 3. The topological polar surface area (TPSA) is 174 Å². The van der Waals surface area contributed by atoms with Crippen molar-refractivity contribution >= 4 is 23.3 Å². The number of allylic oxidation sites excluding steroid dienone is 2. The number of aliphatic hydroxyl groups excluding tert-OH is 1. The summed E-state index contributed by atoms with van der Waals surface area (Å²) in [4.78, 5) is 59.4. The molecule has 2 heterocycles. The van der Waals surface area contributed by atoms with Crippen LogP contribution in [0.25, 0.3) is 0 Å². The predicted octanol–water partition coefficient (Wildman–Crippen LogP) is 1.55. The minimum atomic E-state index is -0.848. The van der Waals surface area contributed by atoms with E-state index >= 15 is 0 Å². The van der Waals surface area contributed by atoms with Crippen molar-refractivity contribution in [2.45, 2.75) is 51.2 Å². The molecular weight excluding hydrogens is 566 g/mol. The number of hydrogen-bond acceptors (Lipinski definition) is 11. The first-order chi connectivity index (χ1) is 21.2. The molecule has 4 atom stereocenters. The van der Waals surface area contributed by atoms with E-state index in [-0.39, 0.29) is 47.2 Å². The molecule has 0 spiro atoms. The number of anilines is 2. The van der Waals surface area contributed by atoms with E-state index in [1.54, 1.807) is 0 Å². The van der Waals surface area contributed by atoms with Gasteiger partial charge in [-0.3, -0.25) is 14.4 Å².